The predicted octanol–water partition coefficient (Wildman–Crippen LogP) is 4.74. The Morgan fingerprint density at radius 3 is 2.14 bits per heavy atom. The molecule has 0 saturated heterocycles. The fraction of sp³-hybridized carbons (Fsp3) is 1.00. The summed E-state index contributed by atoms with van der Waals surface area (Å²) in [6.07, 6.45) is 4.31. The normalized spacial score (nSPS) is 38.4. The highest BCUT2D eigenvalue weighted by Gasteiger charge is 2.39. The SMILES string of the molecule is CC1CCC(C)C(C)(C)C(C(C)C)C1. The molecule has 1 fully saturated rings. The third-order valence-electron chi connectivity index (χ3n) is 4.78. The Morgan fingerprint density at radius 1 is 1.07 bits per heavy atom. The maximum Gasteiger partial charge on any atom is -0.0298 e. The van der Waals surface area contributed by atoms with Crippen molar-refractivity contribution in [3.05, 3.63) is 0 Å². The van der Waals surface area contributed by atoms with Crippen LogP contribution in [0.25, 0.3) is 0 Å². The van der Waals surface area contributed by atoms with Crippen LogP contribution in [0.3, 0.4) is 0 Å². The molecule has 1 aliphatic carbocycles. The van der Waals surface area contributed by atoms with Crippen LogP contribution in [0.5, 0.6) is 0 Å². The zero-order chi connectivity index (χ0) is 10.9. The first-order valence-corrected chi connectivity index (χ1v) is 6.35. The number of hydrogen-bond acceptors (Lipinski definition) is 0. The number of rotatable bonds is 1. The fourth-order valence-electron chi connectivity index (χ4n) is 3.26. The minimum absolute atomic E-state index is 0.541. The van der Waals surface area contributed by atoms with Crippen molar-refractivity contribution < 1.29 is 0 Å². The lowest BCUT2D eigenvalue weighted by atomic mass is 9.65. The van der Waals surface area contributed by atoms with E-state index in [4.69, 9.17) is 0 Å². The predicted molar refractivity (Wildman–Crippen MR) is 64.3 cm³/mol. The molecule has 1 rings (SSSR count). The molecule has 0 nitrogen and oxygen atoms in total. The Morgan fingerprint density at radius 2 is 1.64 bits per heavy atom. The summed E-state index contributed by atoms with van der Waals surface area (Å²) in [5, 5.41) is 0. The highest BCUT2D eigenvalue weighted by Crippen LogP contribution is 2.47. The van der Waals surface area contributed by atoms with Crippen LogP contribution in [0.4, 0.5) is 0 Å². The monoisotopic (exact) mass is 196 g/mol. The maximum absolute atomic E-state index is 2.49. The van der Waals surface area contributed by atoms with Crippen LogP contribution >= 0.6 is 0 Å². The van der Waals surface area contributed by atoms with Crippen molar-refractivity contribution in [3.63, 3.8) is 0 Å². The average Bonchev–Trinajstić information content (AvgIpc) is 2.16. The first kappa shape index (κ1) is 12.1. The minimum atomic E-state index is 0.541. The van der Waals surface area contributed by atoms with Crippen molar-refractivity contribution in [1.29, 1.82) is 0 Å². The molecule has 84 valence electrons. The van der Waals surface area contributed by atoms with Gasteiger partial charge in [0, 0.05) is 0 Å². The summed E-state index contributed by atoms with van der Waals surface area (Å²) in [5.74, 6) is 3.58. The molecular formula is C14H28. The standard InChI is InChI=1S/C14H28/c1-10(2)13-9-11(3)7-8-12(4)14(13,5)6/h10-13H,7-9H2,1-6H3. The van der Waals surface area contributed by atoms with Gasteiger partial charge < -0.3 is 0 Å². The van der Waals surface area contributed by atoms with E-state index >= 15 is 0 Å². The van der Waals surface area contributed by atoms with Crippen LogP contribution < -0.4 is 0 Å². The van der Waals surface area contributed by atoms with E-state index in [1.807, 2.05) is 0 Å². The van der Waals surface area contributed by atoms with Gasteiger partial charge >= 0.3 is 0 Å². The highest BCUT2D eigenvalue weighted by molar-refractivity contribution is 4.88. The van der Waals surface area contributed by atoms with Gasteiger partial charge in [-0.1, -0.05) is 48.0 Å². The van der Waals surface area contributed by atoms with Gasteiger partial charge in [0.2, 0.25) is 0 Å². The van der Waals surface area contributed by atoms with Gasteiger partial charge in [0.05, 0.1) is 0 Å². The van der Waals surface area contributed by atoms with Crippen molar-refractivity contribution >= 4 is 0 Å². The summed E-state index contributed by atoms with van der Waals surface area (Å²) in [5.41, 5.74) is 0.541. The van der Waals surface area contributed by atoms with Crippen molar-refractivity contribution in [1.82, 2.24) is 0 Å². The summed E-state index contributed by atoms with van der Waals surface area (Å²) in [7, 11) is 0. The molecule has 0 aromatic heterocycles. The molecule has 1 saturated carbocycles. The topological polar surface area (TPSA) is 0 Å². The van der Waals surface area contributed by atoms with Crippen LogP contribution in [-0.2, 0) is 0 Å². The Labute approximate surface area is 90.5 Å². The van der Waals surface area contributed by atoms with E-state index < -0.39 is 0 Å². The van der Waals surface area contributed by atoms with E-state index in [1.165, 1.54) is 19.3 Å². The molecule has 0 bridgehead atoms. The summed E-state index contributed by atoms with van der Waals surface area (Å²) in [6.45, 7) is 14.7. The molecule has 1 aliphatic rings. The van der Waals surface area contributed by atoms with Crippen molar-refractivity contribution in [2.45, 2.75) is 60.8 Å². The quantitative estimate of drug-likeness (QED) is 0.531. The van der Waals surface area contributed by atoms with E-state index in [9.17, 15) is 0 Å². The second-order valence-electron chi connectivity index (χ2n) is 6.49. The Hall–Kier alpha value is 0. The van der Waals surface area contributed by atoms with E-state index in [0.717, 1.165) is 23.7 Å². The summed E-state index contributed by atoms with van der Waals surface area (Å²) < 4.78 is 0. The first-order valence-electron chi connectivity index (χ1n) is 6.35. The molecule has 0 aliphatic heterocycles. The molecule has 0 heterocycles. The van der Waals surface area contributed by atoms with Crippen LogP contribution in [0, 0.1) is 29.1 Å². The molecule has 14 heavy (non-hydrogen) atoms. The van der Waals surface area contributed by atoms with Gasteiger partial charge in [0.25, 0.3) is 0 Å². The van der Waals surface area contributed by atoms with Crippen molar-refractivity contribution in [2.24, 2.45) is 29.1 Å². The Bertz CT molecular complexity index is 178. The molecule has 0 heteroatoms. The lowest BCUT2D eigenvalue weighted by molar-refractivity contribution is 0.0874. The molecule has 3 atom stereocenters. The van der Waals surface area contributed by atoms with E-state index in [2.05, 4.69) is 41.5 Å². The molecule has 0 N–H and O–H groups in total. The zero-order valence-corrected chi connectivity index (χ0v) is 10.9. The van der Waals surface area contributed by atoms with Crippen molar-refractivity contribution in [2.75, 3.05) is 0 Å². The molecule has 0 radical (unpaired) electrons. The van der Waals surface area contributed by atoms with Gasteiger partial charge in [-0.15, -0.1) is 0 Å². The van der Waals surface area contributed by atoms with Crippen LogP contribution in [-0.4, -0.2) is 0 Å². The molecule has 0 aromatic carbocycles. The van der Waals surface area contributed by atoms with Gasteiger partial charge in [-0.3, -0.25) is 0 Å². The second kappa shape index (κ2) is 4.24. The lowest BCUT2D eigenvalue weighted by Crippen LogP contribution is -2.33. The van der Waals surface area contributed by atoms with E-state index in [-0.39, 0.29) is 0 Å². The summed E-state index contributed by atoms with van der Waals surface area (Å²) in [6, 6.07) is 0. The van der Waals surface area contributed by atoms with Gasteiger partial charge in [0.15, 0.2) is 0 Å². The lowest BCUT2D eigenvalue weighted by Gasteiger charge is -2.40. The van der Waals surface area contributed by atoms with Gasteiger partial charge in [-0.2, -0.15) is 0 Å². The van der Waals surface area contributed by atoms with Crippen LogP contribution in [0.15, 0.2) is 0 Å². The maximum atomic E-state index is 2.49. The van der Waals surface area contributed by atoms with Gasteiger partial charge in [-0.25, -0.2) is 0 Å². The zero-order valence-electron chi connectivity index (χ0n) is 10.9. The van der Waals surface area contributed by atoms with E-state index in [0.29, 0.717) is 5.41 Å². The molecule has 0 aromatic rings. The van der Waals surface area contributed by atoms with Gasteiger partial charge in [0.1, 0.15) is 0 Å². The Kier molecular flexibility index (Phi) is 3.66. The summed E-state index contributed by atoms with van der Waals surface area (Å²) in [4.78, 5) is 0. The highest BCUT2D eigenvalue weighted by atomic mass is 14.4. The second-order valence-corrected chi connectivity index (χ2v) is 6.49. The fourth-order valence-corrected chi connectivity index (χ4v) is 3.26. The molecule has 0 spiro atoms. The molecule has 0 amide bonds. The first-order chi connectivity index (χ1) is 6.35. The third-order valence-corrected chi connectivity index (χ3v) is 4.78. The minimum Gasteiger partial charge on any atom is -0.0625 e. The summed E-state index contributed by atoms with van der Waals surface area (Å²) >= 11 is 0. The number of hydrogen-bond donors (Lipinski definition) is 0. The molecule has 3 unspecified atom stereocenters. The van der Waals surface area contributed by atoms with Crippen LogP contribution in [0.2, 0.25) is 0 Å². The van der Waals surface area contributed by atoms with Gasteiger partial charge in [-0.05, 0) is 41.9 Å². The smallest absolute Gasteiger partial charge is 0.0298 e. The van der Waals surface area contributed by atoms with Crippen molar-refractivity contribution in [3.8, 4) is 0 Å². The molecular weight excluding hydrogens is 168 g/mol. The largest absolute Gasteiger partial charge is 0.0625 e. The average molecular weight is 196 g/mol. The third kappa shape index (κ3) is 2.32. The van der Waals surface area contributed by atoms with E-state index in [1.54, 1.807) is 0 Å². The van der Waals surface area contributed by atoms with Crippen LogP contribution in [0.1, 0.15) is 60.8 Å². The Balaban J connectivity index is 2.85.